The molecule has 0 saturated carbocycles. The first-order chi connectivity index (χ1) is 13.4. The number of hydrogen-bond acceptors (Lipinski definition) is 5. The fourth-order valence-electron chi connectivity index (χ4n) is 2.88. The second-order valence-corrected chi connectivity index (χ2v) is 7.61. The Morgan fingerprint density at radius 1 is 1.18 bits per heavy atom. The number of carbonyl (C=O) groups is 2. The average molecular weight is 393 g/mol. The van der Waals surface area contributed by atoms with Crippen molar-refractivity contribution < 1.29 is 14.3 Å². The van der Waals surface area contributed by atoms with E-state index in [2.05, 4.69) is 15.6 Å². The molecule has 1 atom stereocenters. The minimum absolute atomic E-state index is 0.177. The van der Waals surface area contributed by atoms with Crippen molar-refractivity contribution >= 4 is 34.0 Å². The molecule has 1 aliphatic heterocycles. The van der Waals surface area contributed by atoms with E-state index in [9.17, 15) is 9.59 Å². The third kappa shape index (κ3) is 3.48. The highest BCUT2D eigenvalue weighted by atomic mass is 32.1. The van der Waals surface area contributed by atoms with Gasteiger partial charge in [-0.25, -0.2) is 4.98 Å². The number of nitrogens with one attached hydrogen (secondary N) is 2. The average Bonchev–Trinajstić information content (AvgIpc) is 3.13. The molecule has 2 aromatic carbocycles. The SMILES string of the molecule is Cc1ccc(C(=O)Nc2nc(-c3ccc4c(c3)NC(=O)[C@@H](C)O4)cs2)cc1C. The molecule has 1 aromatic heterocycles. The van der Waals surface area contributed by atoms with Gasteiger partial charge in [-0.3, -0.25) is 14.9 Å². The van der Waals surface area contributed by atoms with Gasteiger partial charge >= 0.3 is 0 Å². The van der Waals surface area contributed by atoms with Crippen molar-refractivity contribution in [1.82, 2.24) is 4.98 Å². The Morgan fingerprint density at radius 2 is 2.00 bits per heavy atom. The molecule has 1 aliphatic rings. The number of aryl methyl sites for hydroxylation is 2. The standard InChI is InChI=1S/C21H19N3O3S/c1-11-4-5-15(8-12(11)2)20(26)24-21-23-17(10-28-21)14-6-7-18-16(9-14)22-19(25)13(3)27-18/h4-10,13H,1-3H3,(H,22,25)(H,23,24,26)/t13-/m1/s1. The minimum Gasteiger partial charge on any atom is -0.479 e. The minimum atomic E-state index is -0.509. The van der Waals surface area contributed by atoms with Crippen molar-refractivity contribution in [1.29, 1.82) is 0 Å². The van der Waals surface area contributed by atoms with Crippen LogP contribution in [0.1, 0.15) is 28.4 Å². The van der Waals surface area contributed by atoms with Crippen LogP contribution in [0.4, 0.5) is 10.8 Å². The Hall–Kier alpha value is -3.19. The predicted octanol–water partition coefficient (Wildman–Crippen LogP) is 4.40. The van der Waals surface area contributed by atoms with Gasteiger partial charge < -0.3 is 10.1 Å². The number of amides is 2. The van der Waals surface area contributed by atoms with Crippen molar-refractivity contribution in [2.24, 2.45) is 0 Å². The Labute approximate surface area is 166 Å². The summed E-state index contributed by atoms with van der Waals surface area (Å²) in [5, 5.41) is 8.06. The van der Waals surface area contributed by atoms with E-state index in [1.807, 2.05) is 49.6 Å². The molecule has 0 saturated heterocycles. The molecule has 28 heavy (non-hydrogen) atoms. The second-order valence-electron chi connectivity index (χ2n) is 6.75. The molecule has 7 heteroatoms. The lowest BCUT2D eigenvalue weighted by Gasteiger charge is -2.23. The van der Waals surface area contributed by atoms with E-state index in [1.54, 1.807) is 13.0 Å². The molecule has 0 fully saturated rings. The van der Waals surface area contributed by atoms with Crippen molar-refractivity contribution in [2.45, 2.75) is 26.9 Å². The molecule has 2 N–H and O–H groups in total. The summed E-state index contributed by atoms with van der Waals surface area (Å²) >= 11 is 1.35. The van der Waals surface area contributed by atoms with Crippen LogP contribution in [-0.2, 0) is 4.79 Å². The summed E-state index contributed by atoms with van der Waals surface area (Å²) in [7, 11) is 0. The Kier molecular flexibility index (Phi) is 4.60. The zero-order chi connectivity index (χ0) is 19.8. The molecule has 0 radical (unpaired) electrons. The van der Waals surface area contributed by atoms with Crippen LogP contribution in [0.5, 0.6) is 5.75 Å². The number of hydrogen-bond donors (Lipinski definition) is 2. The van der Waals surface area contributed by atoms with Gasteiger partial charge in [-0.05, 0) is 62.2 Å². The van der Waals surface area contributed by atoms with E-state index >= 15 is 0 Å². The highest BCUT2D eigenvalue weighted by molar-refractivity contribution is 7.14. The van der Waals surface area contributed by atoms with E-state index in [1.165, 1.54) is 11.3 Å². The van der Waals surface area contributed by atoms with Crippen LogP contribution < -0.4 is 15.4 Å². The summed E-state index contributed by atoms with van der Waals surface area (Å²) in [4.78, 5) is 28.8. The van der Waals surface area contributed by atoms with Gasteiger partial charge in [0.2, 0.25) is 0 Å². The molecule has 0 aliphatic carbocycles. The van der Waals surface area contributed by atoms with E-state index in [-0.39, 0.29) is 11.8 Å². The maximum absolute atomic E-state index is 12.5. The first-order valence-electron chi connectivity index (χ1n) is 8.87. The lowest BCUT2D eigenvalue weighted by atomic mass is 10.1. The number of fused-ring (bicyclic) bond motifs is 1. The lowest BCUT2D eigenvalue weighted by Crippen LogP contribution is -2.34. The van der Waals surface area contributed by atoms with E-state index in [0.29, 0.717) is 22.1 Å². The summed E-state index contributed by atoms with van der Waals surface area (Å²) in [5.74, 6) is 0.266. The van der Waals surface area contributed by atoms with Crippen molar-refractivity contribution in [2.75, 3.05) is 10.6 Å². The van der Waals surface area contributed by atoms with Gasteiger partial charge in [0.25, 0.3) is 11.8 Å². The van der Waals surface area contributed by atoms with Crippen LogP contribution in [0.25, 0.3) is 11.3 Å². The number of aromatic nitrogens is 1. The number of rotatable bonds is 3. The van der Waals surface area contributed by atoms with E-state index in [0.717, 1.165) is 22.4 Å². The van der Waals surface area contributed by atoms with Gasteiger partial charge in [-0.2, -0.15) is 0 Å². The third-order valence-corrected chi connectivity index (χ3v) is 5.46. The van der Waals surface area contributed by atoms with Crippen LogP contribution in [0, 0.1) is 13.8 Å². The predicted molar refractivity (Wildman–Crippen MR) is 110 cm³/mol. The highest BCUT2D eigenvalue weighted by Crippen LogP contribution is 2.35. The number of benzene rings is 2. The number of anilines is 2. The van der Waals surface area contributed by atoms with E-state index in [4.69, 9.17) is 4.74 Å². The molecule has 0 unspecified atom stereocenters. The van der Waals surface area contributed by atoms with Crippen LogP contribution in [-0.4, -0.2) is 22.9 Å². The number of thiazole rings is 1. The Bertz CT molecular complexity index is 1090. The summed E-state index contributed by atoms with van der Waals surface area (Å²) in [6, 6.07) is 11.1. The normalized spacial score (nSPS) is 15.4. The lowest BCUT2D eigenvalue weighted by molar-refractivity contribution is -0.122. The number of carbonyl (C=O) groups excluding carboxylic acids is 2. The first-order valence-corrected chi connectivity index (χ1v) is 9.75. The van der Waals surface area contributed by atoms with Crippen LogP contribution >= 0.6 is 11.3 Å². The van der Waals surface area contributed by atoms with Crippen molar-refractivity contribution in [3.8, 4) is 17.0 Å². The molecule has 2 heterocycles. The smallest absolute Gasteiger partial charge is 0.265 e. The Balaban J connectivity index is 1.53. The first kappa shape index (κ1) is 18.2. The van der Waals surface area contributed by atoms with Crippen molar-refractivity contribution in [3.05, 3.63) is 58.5 Å². The van der Waals surface area contributed by atoms with Crippen LogP contribution in [0.2, 0.25) is 0 Å². The van der Waals surface area contributed by atoms with Crippen LogP contribution in [0.3, 0.4) is 0 Å². The van der Waals surface area contributed by atoms with E-state index < -0.39 is 6.10 Å². The molecule has 2 amide bonds. The monoisotopic (exact) mass is 393 g/mol. The molecule has 142 valence electrons. The second kappa shape index (κ2) is 7.09. The number of ether oxygens (including phenoxy) is 1. The molecule has 3 aromatic rings. The molecular formula is C21H19N3O3S. The van der Waals surface area contributed by atoms with Crippen LogP contribution in [0.15, 0.2) is 41.8 Å². The quantitative estimate of drug-likeness (QED) is 0.691. The molecular weight excluding hydrogens is 374 g/mol. The number of nitrogens with zero attached hydrogens (tertiary/aromatic N) is 1. The zero-order valence-electron chi connectivity index (χ0n) is 15.7. The van der Waals surface area contributed by atoms with Gasteiger partial charge in [0.15, 0.2) is 11.2 Å². The van der Waals surface area contributed by atoms with Gasteiger partial charge in [-0.15, -0.1) is 11.3 Å². The summed E-state index contributed by atoms with van der Waals surface area (Å²) < 4.78 is 5.57. The fourth-order valence-corrected chi connectivity index (χ4v) is 3.60. The molecule has 4 rings (SSSR count). The molecule has 6 nitrogen and oxygen atoms in total. The summed E-state index contributed by atoms with van der Waals surface area (Å²) in [6.07, 6.45) is -0.509. The van der Waals surface area contributed by atoms with Gasteiger partial charge in [0.05, 0.1) is 11.4 Å². The highest BCUT2D eigenvalue weighted by Gasteiger charge is 2.24. The maximum atomic E-state index is 12.5. The fraction of sp³-hybridized carbons (Fsp3) is 0.190. The maximum Gasteiger partial charge on any atom is 0.265 e. The Morgan fingerprint density at radius 3 is 2.79 bits per heavy atom. The summed E-state index contributed by atoms with van der Waals surface area (Å²) in [6.45, 7) is 5.70. The molecule has 0 bridgehead atoms. The topological polar surface area (TPSA) is 80.3 Å². The van der Waals surface area contributed by atoms with Gasteiger partial charge in [0, 0.05) is 16.5 Å². The summed E-state index contributed by atoms with van der Waals surface area (Å²) in [5.41, 5.74) is 4.99. The zero-order valence-corrected chi connectivity index (χ0v) is 16.5. The van der Waals surface area contributed by atoms with Gasteiger partial charge in [-0.1, -0.05) is 6.07 Å². The van der Waals surface area contributed by atoms with Gasteiger partial charge in [0.1, 0.15) is 5.75 Å². The molecule has 0 spiro atoms. The third-order valence-electron chi connectivity index (χ3n) is 4.70. The van der Waals surface area contributed by atoms with Crippen molar-refractivity contribution in [3.63, 3.8) is 0 Å². The largest absolute Gasteiger partial charge is 0.479 e.